The van der Waals surface area contributed by atoms with Crippen molar-refractivity contribution < 1.29 is 14.8 Å². The first-order valence-corrected chi connectivity index (χ1v) is 3.89. The van der Waals surface area contributed by atoms with Crippen molar-refractivity contribution >= 4 is 7.85 Å². The van der Waals surface area contributed by atoms with Crippen LogP contribution in [0.3, 0.4) is 0 Å². The summed E-state index contributed by atoms with van der Waals surface area (Å²) in [5.41, 5.74) is 0.533. The maximum atomic E-state index is 11.6. The van der Waals surface area contributed by atoms with E-state index in [1.807, 2.05) is 0 Å². The lowest BCUT2D eigenvalue weighted by molar-refractivity contribution is -1.01. The molecule has 0 bridgehead atoms. The van der Waals surface area contributed by atoms with Gasteiger partial charge in [0.25, 0.3) is 0 Å². The summed E-state index contributed by atoms with van der Waals surface area (Å²) in [5, 5.41) is 18.2. The summed E-state index contributed by atoms with van der Waals surface area (Å²) < 4.78 is 11.6. The number of nitrogens with one attached hydrogen (secondary N) is 1. The summed E-state index contributed by atoms with van der Waals surface area (Å²) in [7, 11) is 5.31. The molecule has 2 N–H and O–H groups in total. The quantitative estimate of drug-likeness (QED) is 0.387. The standard InChI is InChI=1S/C9H11BFNO2/c1-2-8(7-10)6-9(12(13)14)4-3-5-11/h2-6,12-13H,1,7H2/b5-3+,8-6+,9-4+. The molecule has 0 saturated heterocycles. The Morgan fingerprint density at radius 3 is 2.64 bits per heavy atom. The Bertz CT molecular complexity index is 272. The Labute approximate surface area is 83.5 Å². The molecule has 5 heteroatoms. The van der Waals surface area contributed by atoms with Gasteiger partial charge in [0.15, 0.2) is 5.70 Å². The highest BCUT2D eigenvalue weighted by atomic mass is 19.1. The summed E-state index contributed by atoms with van der Waals surface area (Å²) in [4.78, 5) is 0. The summed E-state index contributed by atoms with van der Waals surface area (Å²) in [6, 6.07) is 0. The van der Waals surface area contributed by atoms with Gasteiger partial charge in [-0.2, -0.15) is 5.23 Å². The highest BCUT2D eigenvalue weighted by Gasteiger charge is 2.00. The molecule has 1 unspecified atom stereocenters. The molecule has 14 heavy (non-hydrogen) atoms. The van der Waals surface area contributed by atoms with Crippen LogP contribution < -0.4 is 5.23 Å². The molecule has 1 atom stereocenters. The van der Waals surface area contributed by atoms with E-state index >= 15 is 0 Å². The molecule has 0 aliphatic heterocycles. The van der Waals surface area contributed by atoms with Crippen LogP contribution in [0.25, 0.3) is 0 Å². The molecule has 0 aromatic carbocycles. The predicted octanol–water partition coefficient (Wildman–Crippen LogP) is 0.825. The largest absolute Gasteiger partial charge is 0.595 e. The minimum atomic E-state index is -1.14. The van der Waals surface area contributed by atoms with Crippen molar-refractivity contribution in [2.75, 3.05) is 0 Å². The molecular weight excluding hydrogens is 184 g/mol. The Hall–Kier alpha value is -1.17. The van der Waals surface area contributed by atoms with Crippen LogP contribution in [0.4, 0.5) is 4.39 Å². The van der Waals surface area contributed by atoms with Crippen LogP contribution in [0.5, 0.6) is 0 Å². The normalized spacial score (nSPS) is 15.9. The van der Waals surface area contributed by atoms with Crippen LogP contribution >= 0.6 is 0 Å². The lowest BCUT2D eigenvalue weighted by atomic mass is 9.96. The number of quaternary nitrogens is 1. The number of rotatable bonds is 5. The third kappa shape index (κ3) is 4.76. The number of hydroxylamine groups is 2. The molecule has 0 rings (SSSR count). The van der Waals surface area contributed by atoms with Gasteiger partial charge in [0.2, 0.25) is 0 Å². The molecule has 0 aliphatic rings. The molecular formula is C9H11BFNO2. The maximum Gasteiger partial charge on any atom is 0.164 e. The average Bonchev–Trinajstić information content (AvgIpc) is 2.18. The second-order valence-electron chi connectivity index (χ2n) is 2.37. The van der Waals surface area contributed by atoms with Gasteiger partial charge in [0.05, 0.1) is 14.2 Å². The minimum absolute atomic E-state index is 0.0424. The lowest BCUT2D eigenvalue weighted by Gasteiger charge is -2.12. The second kappa shape index (κ2) is 7.26. The maximum absolute atomic E-state index is 11.6. The lowest BCUT2D eigenvalue weighted by Crippen LogP contribution is -3.02. The van der Waals surface area contributed by atoms with Crippen LogP contribution in [0.1, 0.15) is 0 Å². The fourth-order valence-corrected chi connectivity index (χ4v) is 0.722. The van der Waals surface area contributed by atoms with E-state index in [1.54, 1.807) is 0 Å². The SMILES string of the molecule is [B]C/C(C=C)=C/C(=C\C=C\F)[NH+]([O-])O. The van der Waals surface area contributed by atoms with Crippen molar-refractivity contribution in [3.05, 3.63) is 53.7 Å². The second-order valence-corrected chi connectivity index (χ2v) is 2.37. The van der Waals surface area contributed by atoms with Gasteiger partial charge in [0.1, 0.15) is 0 Å². The third-order valence-electron chi connectivity index (χ3n) is 1.43. The van der Waals surface area contributed by atoms with Crippen LogP contribution in [-0.2, 0) is 0 Å². The van der Waals surface area contributed by atoms with Gasteiger partial charge in [0, 0.05) is 12.2 Å². The molecule has 0 aliphatic carbocycles. The van der Waals surface area contributed by atoms with E-state index in [0.717, 1.165) is 12.2 Å². The van der Waals surface area contributed by atoms with E-state index in [9.17, 15) is 9.60 Å². The molecule has 0 aromatic rings. The number of hydrogen-bond acceptors (Lipinski definition) is 2. The summed E-state index contributed by atoms with van der Waals surface area (Å²) >= 11 is 0. The van der Waals surface area contributed by atoms with Crippen molar-refractivity contribution in [3.8, 4) is 0 Å². The van der Waals surface area contributed by atoms with Gasteiger partial charge in [-0.05, 0) is 6.08 Å². The monoisotopic (exact) mass is 195 g/mol. The molecule has 0 heterocycles. The molecule has 0 fully saturated rings. The Balaban J connectivity index is 4.84. The average molecular weight is 195 g/mol. The number of allylic oxidation sites excluding steroid dienone is 5. The van der Waals surface area contributed by atoms with Crippen molar-refractivity contribution in [1.82, 2.24) is 0 Å². The van der Waals surface area contributed by atoms with Crippen LogP contribution in [0, 0.1) is 5.21 Å². The number of hydrogen-bond donors (Lipinski definition) is 2. The molecule has 0 aromatic heterocycles. The van der Waals surface area contributed by atoms with Gasteiger partial charge in [-0.25, -0.2) is 9.60 Å². The van der Waals surface area contributed by atoms with E-state index in [4.69, 9.17) is 13.1 Å². The van der Waals surface area contributed by atoms with E-state index in [-0.39, 0.29) is 18.3 Å². The Kier molecular flexibility index (Phi) is 6.65. The van der Waals surface area contributed by atoms with Gasteiger partial charge in [-0.15, -0.1) is 0 Å². The molecule has 2 radical (unpaired) electrons. The van der Waals surface area contributed by atoms with Crippen molar-refractivity contribution in [2.45, 2.75) is 6.32 Å². The van der Waals surface area contributed by atoms with Crippen molar-refractivity contribution in [3.63, 3.8) is 0 Å². The van der Waals surface area contributed by atoms with Gasteiger partial charge >= 0.3 is 0 Å². The molecule has 0 saturated carbocycles. The van der Waals surface area contributed by atoms with Crippen molar-refractivity contribution in [2.24, 2.45) is 0 Å². The highest BCUT2D eigenvalue weighted by molar-refractivity contribution is 6.10. The van der Waals surface area contributed by atoms with Crippen LogP contribution in [0.15, 0.2) is 48.5 Å². The fraction of sp³-hybridized carbons (Fsp3) is 0.111. The Morgan fingerprint density at radius 2 is 2.29 bits per heavy atom. The highest BCUT2D eigenvalue weighted by Crippen LogP contribution is 2.03. The third-order valence-corrected chi connectivity index (χ3v) is 1.43. The summed E-state index contributed by atoms with van der Waals surface area (Å²) in [6.45, 7) is 3.46. The van der Waals surface area contributed by atoms with E-state index in [2.05, 4.69) is 6.58 Å². The Morgan fingerprint density at radius 1 is 1.64 bits per heavy atom. The van der Waals surface area contributed by atoms with Crippen LogP contribution in [-0.4, -0.2) is 13.1 Å². The van der Waals surface area contributed by atoms with Gasteiger partial charge < -0.3 is 5.21 Å². The van der Waals surface area contributed by atoms with E-state index < -0.39 is 5.23 Å². The van der Waals surface area contributed by atoms with Gasteiger partial charge in [-0.3, -0.25) is 0 Å². The first kappa shape index (κ1) is 12.8. The topological polar surface area (TPSA) is 47.7 Å². The number of halogens is 1. The smallest absolute Gasteiger partial charge is 0.164 e. The van der Waals surface area contributed by atoms with E-state index in [0.29, 0.717) is 5.57 Å². The first-order chi connectivity index (χ1) is 6.65. The predicted molar refractivity (Wildman–Crippen MR) is 53.3 cm³/mol. The van der Waals surface area contributed by atoms with Gasteiger partial charge in [-0.1, -0.05) is 24.5 Å². The zero-order valence-corrected chi connectivity index (χ0v) is 7.61. The van der Waals surface area contributed by atoms with Crippen molar-refractivity contribution in [1.29, 1.82) is 0 Å². The van der Waals surface area contributed by atoms with Crippen LogP contribution in [0.2, 0.25) is 6.32 Å². The zero-order valence-electron chi connectivity index (χ0n) is 7.61. The molecule has 0 spiro atoms. The first-order valence-electron chi connectivity index (χ1n) is 3.89. The molecule has 3 nitrogen and oxygen atoms in total. The van der Waals surface area contributed by atoms with E-state index in [1.165, 1.54) is 12.2 Å². The summed E-state index contributed by atoms with van der Waals surface area (Å²) in [6.07, 6.45) is 5.38. The molecule has 74 valence electrons. The zero-order chi connectivity index (χ0) is 11.0. The fourth-order valence-electron chi connectivity index (χ4n) is 0.722. The molecule has 0 amide bonds. The minimum Gasteiger partial charge on any atom is -0.595 e. The summed E-state index contributed by atoms with van der Waals surface area (Å²) in [5.74, 6) is 0.